The summed E-state index contributed by atoms with van der Waals surface area (Å²) in [6.45, 7) is 0. The maximum Gasteiger partial charge on any atom is 0.218 e. The Morgan fingerprint density at radius 1 is 1.46 bits per heavy atom. The van der Waals surface area contributed by atoms with Crippen LogP contribution in [0.3, 0.4) is 0 Å². The van der Waals surface area contributed by atoms with Crippen molar-refractivity contribution in [3.8, 4) is 0 Å². The monoisotopic (exact) mass is 175 g/mol. The first-order valence-electron chi connectivity index (χ1n) is 4.63. The lowest BCUT2D eigenvalue weighted by Gasteiger charge is -2.07. The first-order chi connectivity index (χ1) is 6.27. The first kappa shape index (κ1) is 8.30. The highest BCUT2D eigenvalue weighted by Gasteiger charge is 2.22. The number of hydrogen-bond acceptors (Lipinski definition) is 1. The van der Waals surface area contributed by atoms with Gasteiger partial charge in [-0.1, -0.05) is 24.3 Å². The highest BCUT2D eigenvalue weighted by molar-refractivity contribution is 5.75. The van der Waals surface area contributed by atoms with Gasteiger partial charge < -0.3 is 5.73 Å². The van der Waals surface area contributed by atoms with Crippen molar-refractivity contribution >= 4 is 5.91 Å². The molecule has 1 aromatic carbocycles. The number of benzene rings is 1. The van der Waals surface area contributed by atoms with Crippen molar-refractivity contribution in [1.82, 2.24) is 0 Å². The molecule has 2 nitrogen and oxygen atoms in total. The average Bonchev–Trinajstić information content (AvgIpc) is 2.48. The molecular formula is C11H13NO. The van der Waals surface area contributed by atoms with Crippen molar-refractivity contribution < 1.29 is 4.79 Å². The Labute approximate surface area is 77.8 Å². The van der Waals surface area contributed by atoms with Gasteiger partial charge in [-0.3, -0.25) is 4.79 Å². The molecule has 0 radical (unpaired) electrons. The van der Waals surface area contributed by atoms with Crippen LogP contribution in [0, 0.1) is 0 Å². The van der Waals surface area contributed by atoms with Crippen LogP contribution >= 0.6 is 0 Å². The number of aryl methyl sites for hydroxylation is 1. The number of primary amides is 1. The summed E-state index contributed by atoms with van der Waals surface area (Å²) in [5.74, 6) is 0.176. The Kier molecular flexibility index (Phi) is 2.05. The molecule has 2 heteroatoms. The lowest BCUT2D eigenvalue weighted by atomic mass is 9.98. The normalized spacial score (nSPS) is 19.8. The molecule has 0 saturated carbocycles. The van der Waals surface area contributed by atoms with Crippen LogP contribution in [0.25, 0.3) is 0 Å². The molecule has 1 atom stereocenters. The molecule has 2 N–H and O–H groups in total. The van der Waals surface area contributed by atoms with E-state index in [0.29, 0.717) is 12.3 Å². The van der Waals surface area contributed by atoms with Crippen LogP contribution in [0.5, 0.6) is 0 Å². The zero-order valence-electron chi connectivity index (χ0n) is 7.49. The quantitative estimate of drug-likeness (QED) is 0.728. The predicted octanol–water partition coefficient (Wildman–Crippen LogP) is 1.59. The van der Waals surface area contributed by atoms with Gasteiger partial charge in [0.15, 0.2) is 0 Å². The molecule has 1 aliphatic carbocycles. The molecule has 0 aliphatic heterocycles. The number of amides is 1. The molecule has 1 aliphatic rings. The third-order valence-electron chi connectivity index (χ3n) is 2.70. The maximum atomic E-state index is 10.8. The molecule has 0 fully saturated rings. The Morgan fingerprint density at radius 2 is 2.23 bits per heavy atom. The van der Waals surface area contributed by atoms with Crippen molar-refractivity contribution in [3.63, 3.8) is 0 Å². The van der Waals surface area contributed by atoms with Gasteiger partial charge in [0.05, 0.1) is 0 Å². The Balaban J connectivity index is 2.23. The molecule has 2 rings (SSSR count). The Bertz CT molecular complexity index is 333. The number of carbonyl (C=O) groups excluding carboxylic acids is 1. The van der Waals surface area contributed by atoms with E-state index < -0.39 is 0 Å². The van der Waals surface area contributed by atoms with Gasteiger partial charge in [0, 0.05) is 6.42 Å². The van der Waals surface area contributed by atoms with Gasteiger partial charge in [0.2, 0.25) is 5.91 Å². The highest BCUT2D eigenvalue weighted by Crippen LogP contribution is 2.34. The van der Waals surface area contributed by atoms with E-state index in [9.17, 15) is 4.79 Å². The van der Waals surface area contributed by atoms with Gasteiger partial charge in [-0.05, 0) is 29.9 Å². The zero-order valence-corrected chi connectivity index (χ0v) is 7.49. The first-order valence-corrected chi connectivity index (χ1v) is 4.63. The summed E-state index contributed by atoms with van der Waals surface area (Å²) >= 11 is 0. The predicted molar refractivity (Wildman–Crippen MR) is 51.3 cm³/mol. The molecule has 13 heavy (non-hydrogen) atoms. The third-order valence-corrected chi connectivity index (χ3v) is 2.70. The van der Waals surface area contributed by atoms with Crippen LogP contribution in [0.4, 0.5) is 0 Å². The van der Waals surface area contributed by atoms with Crippen LogP contribution in [0.15, 0.2) is 24.3 Å². The van der Waals surface area contributed by atoms with Crippen molar-refractivity contribution in [2.75, 3.05) is 0 Å². The van der Waals surface area contributed by atoms with Crippen molar-refractivity contribution in [3.05, 3.63) is 35.4 Å². The Hall–Kier alpha value is -1.31. The molecule has 0 saturated heterocycles. The Morgan fingerprint density at radius 3 is 3.00 bits per heavy atom. The smallest absolute Gasteiger partial charge is 0.218 e. The topological polar surface area (TPSA) is 43.1 Å². The van der Waals surface area contributed by atoms with Crippen LogP contribution < -0.4 is 5.73 Å². The van der Waals surface area contributed by atoms with Gasteiger partial charge in [0.25, 0.3) is 0 Å². The van der Waals surface area contributed by atoms with Gasteiger partial charge in [-0.2, -0.15) is 0 Å². The molecule has 1 amide bonds. The van der Waals surface area contributed by atoms with Crippen molar-refractivity contribution in [2.24, 2.45) is 5.73 Å². The molecule has 0 spiro atoms. The zero-order chi connectivity index (χ0) is 9.26. The molecule has 0 bridgehead atoms. The van der Waals surface area contributed by atoms with Gasteiger partial charge in [0.1, 0.15) is 0 Å². The molecule has 68 valence electrons. The fourth-order valence-electron chi connectivity index (χ4n) is 2.10. The fraction of sp³-hybridized carbons (Fsp3) is 0.364. The number of fused-ring (bicyclic) bond motifs is 1. The minimum atomic E-state index is -0.193. The third kappa shape index (κ3) is 1.57. The summed E-state index contributed by atoms with van der Waals surface area (Å²) in [6, 6.07) is 8.32. The van der Waals surface area contributed by atoms with E-state index in [2.05, 4.69) is 12.1 Å². The fourth-order valence-corrected chi connectivity index (χ4v) is 2.10. The van der Waals surface area contributed by atoms with E-state index in [-0.39, 0.29) is 5.91 Å². The van der Waals surface area contributed by atoms with E-state index in [4.69, 9.17) is 5.73 Å². The number of carbonyl (C=O) groups is 1. The largest absolute Gasteiger partial charge is 0.370 e. The molecule has 1 aromatic rings. The summed E-state index contributed by atoms with van der Waals surface area (Å²) in [6.07, 6.45) is 2.66. The maximum absolute atomic E-state index is 10.8. The van der Waals surface area contributed by atoms with Crippen LogP contribution in [-0.4, -0.2) is 5.91 Å². The van der Waals surface area contributed by atoms with Crippen LogP contribution in [-0.2, 0) is 11.2 Å². The van der Waals surface area contributed by atoms with Gasteiger partial charge in [-0.25, -0.2) is 0 Å². The molecule has 0 unspecified atom stereocenters. The minimum absolute atomic E-state index is 0.193. The summed E-state index contributed by atoms with van der Waals surface area (Å²) in [7, 11) is 0. The summed E-state index contributed by atoms with van der Waals surface area (Å²) < 4.78 is 0. The van der Waals surface area contributed by atoms with E-state index in [1.54, 1.807) is 0 Å². The van der Waals surface area contributed by atoms with Crippen LogP contribution in [0.2, 0.25) is 0 Å². The van der Waals surface area contributed by atoms with E-state index in [0.717, 1.165) is 12.8 Å². The summed E-state index contributed by atoms with van der Waals surface area (Å²) in [4.78, 5) is 10.8. The van der Waals surface area contributed by atoms with Gasteiger partial charge in [-0.15, -0.1) is 0 Å². The van der Waals surface area contributed by atoms with Crippen molar-refractivity contribution in [1.29, 1.82) is 0 Å². The number of nitrogens with two attached hydrogens (primary N) is 1. The lowest BCUT2D eigenvalue weighted by molar-refractivity contribution is -0.118. The molecular weight excluding hydrogens is 162 g/mol. The molecule has 0 heterocycles. The van der Waals surface area contributed by atoms with Crippen molar-refractivity contribution in [2.45, 2.75) is 25.2 Å². The standard InChI is InChI=1S/C11H13NO/c12-11(13)7-9-6-5-8-3-1-2-4-10(8)9/h1-4,9H,5-7H2,(H2,12,13)/t9-/m0/s1. The lowest BCUT2D eigenvalue weighted by Crippen LogP contribution is -2.13. The average molecular weight is 175 g/mol. The summed E-state index contributed by atoms with van der Waals surface area (Å²) in [5.41, 5.74) is 7.89. The SMILES string of the molecule is NC(=O)C[C@@H]1CCc2ccccc21. The van der Waals surface area contributed by atoms with Crippen LogP contribution in [0.1, 0.15) is 29.9 Å². The second-order valence-electron chi connectivity index (χ2n) is 3.60. The van der Waals surface area contributed by atoms with E-state index in [1.165, 1.54) is 11.1 Å². The molecule has 0 aromatic heterocycles. The van der Waals surface area contributed by atoms with E-state index in [1.807, 2.05) is 12.1 Å². The van der Waals surface area contributed by atoms with E-state index >= 15 is 0 Å². The second kappa shape index (κ2) is 3.21. The second-order valence-corrected chi connectivity index (χ2v) is 3.60. The summed E-state index contributed by atoms with van der Waals surface area (Å²) in [5, 5.41) is 0. The number of hydrogen-bond donors (Lipinski definition) is 1. The highest BCUT2D eigenvalue weighted by atomic mass is 16.1. The number of rotatable bonds is 2. The minimum Gasteiger partial charge on any atom is -0.370 e. The van der Waals surface area contributed by atoms with Gasteiger partial charge >= 0.3 is 0 Å².